The van der Waals surface area contributed by atoms with Crippen molar-refractivity contribution >= 4 is 37.1 Å². The Balaban J connectivity index is 1.32. The zero-order chi connectivity index (χ0) is 40.6. The molecule has 1 aliphatic heterocycles. The number of nitrogens with two attached hydrogens (primary N) is 1. The minimum atomic E-state index is -4.65. The third-order valence-corrected chi connectivity index (χ3v) is 10.1. The molecule has 1 unspecified atom stereocenters. The number of benzene rings is 2. The van der Waals surface area contributed by atoms with E-state index in [4.69, 9.17) is 33.7 Å². The van der Waals surface area contributed by atoms with Crippen LogP contribution in [0.15, 0.2) is 73.1 Å². The molecule has 0 bridgehead atoms. The van der Waals surface area contributed by atoms with E-state index in [0.717, 1.165) is 5.56 Å². The molecule has 3 heterocycles. The first-order valence-corrected chi connectivity index (χ1v) is 18.8. The van der Waals surface area contributed by atoms with Crippen LogP contribution in [-0.4, -0.2) is 92.6 Å². The lowest BCUT2D eigenvalue weighted by Gasteiger charge is -2.28. The highest BCUT2D eigenvalue weighted by molar-refractivity contribution is 7.52. The molecule has 56 heavy (non-hydrogen) atoms. The number of nitrogens with zero attached hydrogens (tertiary/aromatic N) is 4. The first-order valence-electron chi connectivity index (χ1n) is 17.3. The SMILES string of the molecule is COC(=O)[C@H](Cc1ccc(OP(=O)(N[C@@H](C)C(=O)OC(C)C)OC[C@@]2(C#N)O[C@@H](c3ccc4c(N)ncnn34)[C@H](O)[C@@H]2O)cc1)NC(=O)OCc1ccccc1. The number of alkyl carbamates (subject to hydrolysis) is 1. The second-order valence-electron chi connectivity index (χ2n) is 13.0. The number of methoxy groups -OCH3 is 1. The number of rotatable bonds is 16. The topological polar surface area (TPSA) is 268 Å². The Morgan fingerprint density at radius 3 is 2.43 bits per heavy atom. The summed E-state index contributed by atoms with van der Waals surface area (Å²) in [5, 5.41) is 41.5. The van der Waals surface area contributed by atoms with Crippen LogP contribution in [0, 0.1) is 11.3 Å². The van der Waals surface area contributed by atoms with Gasteiger partial charge < -0.3 is 44.7 Å². The number of nitrogens with one attached hydrogen (secondary N) is 2. The first kappa shape index (κ1) is 41.6. The summed E-state index contributed by atoms with van der Waals surface area (Å²) in [4.78, 5) is 41.7. The summed E-state index contributed by atoms with van der Waals surface area (Å²) < 4.78 is 48.4. The van der Waals surface area contributed by atoms with Crippen LogP contribution < -0.4 is 20.7 Å². The van der Waals surface area contributed by atoms with Gasteiger partial charge in [0.15, 0.2) is 5.82 Å². The number of aromatic nitrogens is 3. The third-order valence-electron chi connectivity index (χ3n) is 8.53. The normalized spacial score (nSPS) is 21.4. The summed E-state index contributed by atoms with van der Waals surface area (Å²) in [6, 6.07) is 17.3. The average molecular weight is 796 g/mol. The first-order chi connectivity index (χ1) is 26.7. The van der Waals surface area contributed by atoms with Gasteiger partial charge in [-0.1, -0.05) is 42.5 Å². The van der Waals surface area contributed by atoms with E-state index in [1.807, 2.05) is 12.1 Å². The van der Waals surface area contributed by atoms with Gasteiger partial charge in [-0.15, -0.1) is 0 Å². The number of carbonyl (C=O) groups excluding carboxylic acids is 3. The lowest BCUT2D eigenvalue weighted by atomic mass is 9.96. The summed E-state index contributed by atoms with van der Waals surface area (Å²) in [5.74, 6) is -1.44. The lowest BCUT2D eigenvalue weighted by Crippen LogP contribution is -2.46. The fourth-order valence-electron chi connectivity index (χ4n) is 5.67. The van der Waals surface area contributed by atoms with Crippen LogP contribution in [0.25, 0.3) is 5.52 Å². The molecule has 1 amide bonds. The van der Waals surface area contributed by atoms with Gasteiger partial charge in [-0.2, -0.15) is 15.4 Å². The zero-order valence-corrected chi connectivity index (χ0v) is 31.7. The predicted molar refractivity (Wildman–Crippen MR) is 195 cm³/mol. The summed E-state index contributed by atoms with van der Waals surface area (Å²) in [6.07, 6.45) is -5.09. The van der Waals surface area contributed by atoms with Crippen LogP contribution in [0.5, 0.6) is 5.75 Å². The maximum atomic E-state index is 14.4. The highest BCUT2D eigenvalue weighted by Gasteiger charge is 2.57. The molecule has 0 aliphatic carbocycles. The van der Waals surface area contributed by atoms with Crippen LogP contribution in [-0.2, 0) is 50.7 Å². The molecule has 298 valence electrons. The Hall–Kier alpha value is -5.61. The molecular weight excluding hydrogens is 753 g/mol. The molecule has 20 heteroatoms. The number of esters is 2. The standard InChI is InChI=1S/C36H42N7O12P/c1-21(2)53-33(46)22(3)42-56(49,52-19-36(18-37)31(45)29(44)30(54-36)27-14-15-28-32(38)39-20-40-43(27)28)55-25-12-10-23(11-13-25)16-26(34(47)50-4)41-35(48)51-17-24-8-6-5-7-9-24/h5-15,20-22,26,29-31,44-45H,16-17,19H2,1-4H3,(H,41,48)(H,42,49)(H2,38,39,40)/t22-,26-,29-,30-,31-,36+,56?/m0/s1. The lowest BCUT2D eigenvalue weighted by molar-refractivity contribution is -0.149. The van der Waals surface area contributed by atoms with E-state index in [9.17, 15) is 34.4 Å². The van der Waals surface area contributed by atoms with Gasteiger partial charge >= 0.3 is 25.8 Å². The van der Waals surface area contributed by atoms with Crippen LogP contribution in [0.4, 0.5) is 10.6 Å². The Morgan fingerprint density at radius 2 is 1.77 bits per heavy atom. The average Bonchev–Trinajstić information content (AvgIpc) is 3.72. The number of hydrogen-bond acceptors (Lipinski definition) is 16. The molecule has 0 radical (unpaired) electrons. The summed E-state index contributed by atoms with van der Waals surface area (Å²) >= 11 is 0. The number of aliphatic hydroxyl groups excluding tert-OH is 2. The fraction of sp³-hybridized carbons (Fsp3) is 0.389. The Kier molecular flexibility index (Phi) is 13.3. The maximum Gasteiger partial charge on any atom is 0.459 e. The van der Waals surface area contributed by atoms with Crippen LogP contribution in [0.1, 0.15) is 43.7 Å². The molecule has 1 saturated heterocycles. The molecule has 1 fully saturated rings. The van der Waals surface area contributed by atoms with Crippen LogP contribution >= 0.6 is 7.75 Å². The highest BCUT2D eigenvalue weighted by atomic mass is 31.2. The molecule has 2 aromatic carbocycles. The van der Waals surface area contributed by atoms with Gasteiger partial charge in [0.1, 0.15) is 67.3 Å². The van der Waals surface area contributed by atoms with E-state index >= 15 is 0 Å². The van der Waals surface area contributed by atoms with Gasteiger partial charge in [0, 0.05) is 6.42 Å². The molecule has 1 aliphatic rings. The summed E-state index contributed by atoms with van der Waals surface area (Å²) in [5.41, 5.74) is 5.51. The minimum absolute atomic E-state index is 0.0202. The van der Waals surface area contributed by atoms with Gasteiger partial charge in [0.2, 0.25) is 5.60 Å². The molecule has 19 nitrogen and oxygen atoms in total. The van der Waals surface area contributed by atoms with Crippen molar-refractivity contribution in [1.82, 2.24) is 25.0 Å². The highest BCUT2D eigenvalue weighted by Crippen LogP contribution is 2.48. The molecule has 0 spiro atoms. The van der Waals surface area contributed by atoms with E-state index in [1.165, 1.54) is 55.2 Å². The molecule has 0 saturated carbocycles. The molecule has 5 rings (SSSR count). The summed E-state index contributed by atoms with van der Waals surface area (Å²) in [6.45, 7) is 3.66. The number of fused-ring (bicyclic) bond motifs is 1. The number of hydrogen-bond donors (Lipinski definition) is 5. The van der Waals surface area contributed by atoms with Gasteiger partial charge in [0.25, 0.3) is 0 Å². The molecule has 6 N–H and O–H groups in total. The van der Waals surface area contributed by atoms with Crippen molar-refractivity contribution in [1.29, 1.82) is 5.26 Å². The van der Waals surface area contributed by atoms with E-state index in [1.54, 1.807) is 44.2 Å². The van der Waals surface area contributed by atoms with E-state index in [2.05, 4.69) is 20.5 Å². The smallest absolute Gasteiger partial charge is 0.459 e. The van der Waals surface area contributed by atoms with Gasteiger partial charge in [-0.3, -0.25) is 9.32 Å². The second kappa shape index (κ2) is 17.9. The number of amides is 1. The van der Waals surface area contributed by atoms with Crippen molar-refractivity contribution in [2.24, 2.45) is 0 Å². The molecular formula is C36H42N7O12P. The fourth-order valence-corrected chi connectivity index (χ4v) is 7.19. The predicted octanol–water partition coefficient (Wildman–Crippen LogP) is 2.51. The van der Waals surface area contributed by atoms with Crippen molar-refractivity contribution in [3.8, 4) is 11.8 Å². The largest absolute Gasteiger partial charge is 0.467 e. The zero-order valence-electron chi connectivity index (χ0n) is 30.8. The van der Waals surface area contributed by atoms with E-state index in [-0.39, 0.29) is 30.3 Å². The second-order valence-corrected chi connectivity index (χ2v) is 14.7. The number of ether oxygens (including phenoxy) is 4. The number of nitrogen functional groups attached to an aromatic ring is 1. The molecule has 2 aromatic heterocycles. The van der Waals surface area contributed by atoms with Crippen molar-refractivity contribution in [3.05, 3.63) is 89.9 Å². The van der Waals surface area contributed by atoms with Gasteiger partial charge in [0.05, 0.1) is 18.9 Å². The van der Waals surface area contributed by atoms with E-state index < -0.39 is 74.5 Å². The molecule has 7 atom stereocenters. The Bertz CT molecular complexity index is 2100. The van der Waals surface area contributed by atoms with Crippen LogP contribution in [0.2, 0.25) is 0 Å². The maximum absolute atomic E-state index is 14.4. The summed E-state index contributed by atoms with van der Waals surface area (Å²) in [7, 11) is -3.48. The van der Waals surface area contributed by atoms with Crippen molar-refractivity contribution in [3.63, 3.8) is 0 Å². The van der Waals surface area contributed by atoms with E-state index in [0.29, 0.717) is 11.1 Å². The number of carbonyl (C=O) groups is 3. The van der Waals surface area contributed by atoms with Crippen molar-refractivity contribution in [2.75, 3.05) is 19.5 Å². The Morgan fingerprint density at radius 1 is 1.05 bits per heavy atom. The quantitative estimate of drug-likeness (QED) is 0.0619. The number of aliphatic hydroxyl groups is 2. The van der Waals surface area contributed by atoms with Crippen molar-refractivity contribution < 1.29 is 57.2 Å². The molecule has 4 aromatic rings. The number of nitriles is 1. The monoisotopic (exact) mass is 795 g/mol. The van der Waals surface area contributed by atoms with Gasteiger partial charge in [-0.25, -0.2) is 23.7 Å². The van der Waals surface area contributed by atoms with Crippen LogP contribution in [0.3, 0.4) is 0 Å². The minimum Gasteiger partial charge on any atom is -0.467 e. The number of anilines is 1. The van der Waals surface area contributed by atoms with Crippen molar-refractivity contribution in [2.45, 2.75) is 75.9 Å². The third kappa shape index (κ3) is 9.78. The Labute approximate surface area is 321 Å². The van der Waals surface area contributed by atoms with Gasteiger partial charge in [-0.05, 0) is 56.2 Å².